The molecule has 6 nitrogen and oxygen atoms in total. The minimum absolute atomic E-state index is 0.437. The van der Waals surface area contributed by atoms with Crippen LogP contribution in [0, 0.1) is 0 Å². The van der Waals surface area contributed by atoms with Gasteiger partial charge in [-0.1, -0.05) is 6.92 Å². The smallest absolute Gasteiger partial charge is 0.343 e. The van der Waals surface area contributed by atoms with E-state index in [9.17, 15) is 9.36 Å². The Morgan fingerprint density at radius 2 is 2.17 bits per heavy atom. The Hall–Kier alpha value is -0.420. The van der Waals surface area contributed by atoms with Crippen molar-refractivity contribution >= 4 is 13.5 Å². The highest BCUT2D eigenvalue weighted by atomic mass is 31.2. The van der Waals surface area contributed by atoms with Crippen molar-refractivity contribution in [3.63, 3.8) is 0 Å². The van der Waals surface area contributed by atoms with Crippen molar-refractivity contribution in [2.24, 2.45) is 5.73 Å². The summed E-state index contributed by atoms with van der Waals surface area (Å²) in [5.41, 5.74) is 5.28. The van der Waals surface area contributed by atoms with Crippen LogP contribution in [0.2, 0.25) is 0 Å². The maximum absolute atomic E-state index is 10.8. The SMILES string of the molecule is CC[C@H](N)C(=O)NCP(=O)(O)O. The second-order valence-electron chi connectivity index (χ2n) is 2.38. The van der Waals surface area contributed by atoms with Crippen LogP contribution in [-0.4, -0.2) is 28.0 Å². The molecule has 1 amide bonds. The molecule has 0 aliphatic heterocycles. The lowest BCUT2D eigenvalue weighted by molar-refractivity contribution is -0.122. The molecule has 0 aliphatic rings. The first kappa shape index (κ1) is 11.6. The van der Waals surface area contributed by atoms with Crippen LogP contribution in [0.3, 0.4) is 0 Å². The molecule has 72 valence electrons. The van der Waals surface area contributed by atoms with Gasteiger partial charge in [-0.3, -0.25) is 9.36 Å². The quantitative estimate of drug-likeness (QED) is 0.429. The molecule has 0 radical (unpaired) electrons. The Labute approximate surface area is 70.3 Å². The lowest BCUT2D eigenvalue weighted by Gasteiger charge is -2.10. The lowest BCUT2D eigenvalue weighted by Crippen LogP contribution is -2.40. The molecule has 12 heavy (non-hydrogen) atoms. The zero-order valence-corrected chi connectivity index (χ0v) is 7.62. The Kier molecular flexibility index (Phi) is 4.41. The van der Waals surface area contributed by atoms with Crippen molar-refractivity contribution in [3.05, 3.63) is 0 Å². The molecule has 0 unspecified atom stereocenters. The number of hydrogen-bond acceptors (Lipinski definition) is 3. The molecule has 0 heterocycles. The van der Waals surface area contributed by atoms with Gasteiger partial charge in [-0.2, -0.15) is 0 Å². The molecule has 0 rings (SSSR count). The molecule has 0 aromatic heterocycles. The highest BCUT2D eigenvalue weighted by molar-refractivity contribution is 7.51. The van der Waals surface area contributed by atoms with Gasteiger partial charge in [0.2, 0.25) is 5.91 Å². The molecular formula is C5H13N2O4P. The van der Waals surface area contributed by atoms with Gasteiger partial charge in [-0.25, -0.2) is 0 Å². The third kappa shape index (κ3) is 5.26. The summed E-state index contributed by atoms with van der Waals surface area (Å²) in [4.78, 5) is 27.6. The molecule has 0 aliphatic carbocycles. The first-order chi connectivity index (χ1) is 5.37. The van der Waals surface area contributed by atoms with Crippen LogP contribution in [0.5, 0.6) is 0 Å². The lowest BCUT2D eigenvalue weighted by atomic mass is 10.2. The van der Waals surface area contributed by atoms with Crippen molar-refractivity contribution in [3.8, 4) is 0 Å². The topological polar surface area (TPSA) is 113 Å². The monoisotopic (exact) mass is 196 g/mol. The summed E-state index contributed by atoms with van der Waals surface area (Å²) in [6.45, 7) is 1.71. The predicted octanol–water partition coefficient (Wildman–Crippen LogP) is -1.02. The highest BCUT2D eigenvalue weighted by Crippen LogP contribution is 2.31. The maximum Gasteiger partial charge on any atom is 0.344 e. The standard InChI is InChI=1S/C5H13N2O4P/c1-2-4(6)5(8)7-3-12(9,10)11/h4H,2-3,6H2,1H3,(H,7,8)(H2,9,10,11)/t4-/m0/s1. The molecule has 7 heteroatoms. The Morgan fingerprint density at radius 3 is 2.50 bits per heavy atom. The average Bonchev–Trinajstić information content (AvgIpc) is 1.97. The molecule has 0 aromatic rings. The fourth-order valence-corrected chi connectivity index (χ4v) is 0.859. The number of carbonyl (C=O) groups excluding carboxylic acids is 1. The fourth-order valence-electron chi connectivity index (χ4n) is 0.497. The van der Waals surface area contributed by atoms with Crippen molar-refractivity contribution < 1.29 is 19.1 Å². The summed E-state index contributed by atoms with van der Waals surface area (Å²) in [6.07, 6.45) is -0.216. The van der Waals surface area contributed by atoms with E-state index in [4.69, 9.17) is 15.5 Å². The number of nitrogens with one attached hydrogen (secondary N) is 1. The van der Waals surface area contributed by atoms with E-state index in [0.717, 1.165) is 0 Å². The Morgan fingerprint density at radius 1 is 1.67 bits per heavy atom. The van der Waals surface area contributed by atoms with E-state index in [-0.39, 0.29) is 0 Å². The molecular weight excluding hydrogens is 183 g/mol. The first-order valence-electron chi connectivity index (χ1n) is 3.44. The summed E-state index contributed by atoms with van der Waals surface area (Å²) in [5.74, 6) is -0.541. The van der Waals surface area contributed by atoms with Crippen LogP contribution in [0.1, 0.15) is 13.3 Å². The number of carbonyl (C=O) groups is 1. The van der Waals surface area contributed by atoms with E-state index in [1.54, 1.807) is 6.92 Å². The summed E-state index contributed by atoms with van der Waals surface area (Å²) >= 11 is 0. The van der Waals surface area contributed by atoms with E-state index < -0.39 is 25.8 Å². The molecule has 0 fully saturated rings. The van der Waals surface area contributed by atoms with Gasteiger partial charge in [0.15, 0.2) is 0 Å². The van der Waals surface area contributed by atoms with E-state index in [0.29, 0.717) is 6.42 Å². The Bertz CT molecular complexity index is 202. The molecule has 0 aromatic carbocycles. The van der Waals surface area contributed by atoms with Gasteiger partial charge in [0, 0.05) is 0 Å². The van der Waals surface area contributed by atoms with Gasteiger partial charge in [0.1, 0.15) is 6.29 Å². The highest BCUT2D eigenvalue weighted by Gasteiger charge is 2.17. The second kappa shape index (κ2) is 4.57. The van der Waals surface area contributed by atoms with Crippen molar-refractivity contribution in [2.75, 3.05) is 6.29 Å². The number of hydrogen-bond donors (Lipinski definition) is 4. The third-order valence-corrected chi connectivity index (χ3v) is 1.81. The van der Waals surface area contributed by atoms with Gasteiger partial charge in [-0.15, -0.1) is 0 Å². The summed E-state index contributed by atoms with van der Waals surface area (Å²) < 4.78 is 10.3. The zero-order valence-electron chi connectivity index (χ0n) is 6.73. The molecule has 0 saturated carbocycles. The van der Waals surface area contributed by atoms with Crippen LogP contribution in [0.25, 0.3) is 0 Å². The van der Waals surface area contributed by atoms with Crippen molar-refractivity contribution in [1.82, 2.24) is 5.32 Å². The second-order valence-corrected chi connectivity index (χ2v) is 4.02. The molecule has 5 N–H and O–H groups in total. The predicted molar refractivity (Wildman–Crippen MR) is 43.3 cm³/mol. The van der Waals surface area contributed by atoms with Crippen LogP contribution < -0.4 is 11.1 Å². The first-order valence-corrected chi connectivity index (χ1v) is 5.24. The average molecular weight is 196 g/mol. The summed E-state index contributed by atoms with van der Waals surface area (Å²) in [6, 6.07) is -0.698. The fraction of sp³-hybridized carbons (Fsp3) is 0.800. The molecule has 0 saturated heterocycles. The van der Waals surface area contributed by atoms with Gasteiger partial charge < -0.3 is 20.8 Å². The van der Waals surface area contributed by atoms with Crippen LogP contribution in [0.4, 0.5) is 0 Å². The van der Waals surface area contributed by atoms with Gasteiger partial charge in [0.05, 0.1) is 6.04 Å². The van der Waals surface area contributed by atoms with E-state index in [2.05, 4.69) is 0 Å². The van der Waals surface area contributed by atoms with E-state index in [1.807, 2.05) is 5.32 Å². The molecule has 0 bridgehead atoms. The number of amides is 1. The van der Waals surface area contributed by atoms with Crippen molar-refractivity contribution in [2.45, 2.75) is 19.4 Å². The van der Waals surface area contributed by atoms with E-state index in [1.165, 1.54) is 0 Å². The van der Waals surface area contributed by atoms with Crippen molar-refractivity contribution in [1.29, 1.82) is 0 Å². The third-order valence-electron chi connectivity index (χ3n) is 1.24. The normalized spacial score (nSPS) is 14.0. The van der Waals surface area contributed by atoms with E-state index >= 15 is 0 Å². The van der Waals surface area contributed by atoms with Gasteiger partial charge >= 0.3 is 7.60 Å². The minimum atomic E-state index is -4.16. The van der Waals surface area contributed by atoms with Crippen LogP contribution in [-0.2, 0) is 9.36 Å². The van der Waals surface area contributed by atoms with Crippen LogP contribution >= 0.6 is 7.60 Å². The maximum atomic E-state index is 10.8. The minimum Gasteiger partial charge on any atom is -0.343 e. The summed E-state index contributed by atoms with van der Waals surface area (Å²) in [5, 5.41) is 2.05. The number of nitrogens with two attached hydrogens (primary N) is 1. The van der Waals surface area contributed by atoms with Crippen LogP contribution in [0.15, 0.2) is 0 Å². The Balaban J connectivity index is 3.80. The van der Waals surface area contributed by atoms with Gasteiger partial charge in [0.25, 0.3) is 0 Å². The zero-order chi connectivity index (χ0) is 9.78. The number of rotatable bonds is 4. The largest absolute Gasteiger partial charge is 0.344 e. The molecule has 0 spiro atoms. The summed E-state index contributed by atoms with van der Waals surface area (Å²) in [7, 11) is -4.16. The molecule has 1 atom stereocenters. The van der Waals surface area contributed by atoms with Gasteiger partial charge in [-0.05, 0) is 6.42 Å².